The van der Waals surface area contributed by atoms with E-state index in [2.05, 4.69) is 13.8 Å². The van der Waals surface area contributed by atoms with Crippen molar-refractivity contribution in [2.24, 2.45) is 34.5 Å². The molecule has 170 valence electrons. The molecule has 4 heteroatoms. The third-order valence-electron chi connectivity index (χ3n) is 9.71. The highest BCUT2D eigenvalue weighted by Crippen LogP contribution is 2.65. The lowest BCUT2D eigenvalue weighted by Gasteiger charge is -2.57. The lowest BCUT2D eigenvalue weighted by atomic mass is 9.47. The topological polar surface area (TPSA) is 77.8 Å². The number of hydrogen-bond donors (Lipinski definition) is 3. The molecule has 4 aliphatic rings. The Morgan fingerprint density at radius 1 is 1.00 bits per heavy atom. The summed E-state index contributed by atoms with van der Waals surface area (Å²) < 4.78 is 0. The standard InChI is InChI=1S/C26H42O4/c1-24(2,30)11-6-5-7-16-8-9-18-17-13-21(27)20-14-22(28)23(29)15-26(20,4)19(17)10-12-25(16,18)3/h13,16,18-20,22-23,28-30H,5-12,14-15H2,1-4H3/t16-,18?,19?,20?,22+,23-,25+,26+/m0/s1. The zero-order valence-electron chi connectivity index (χ0n) is 19.4. The highest BCUT2D eigenvalue weighted by Gasteiger charge is 2.60. The van der Waals surface area contributed by atoms with E-state index in [-0.39, 0.29) is 22.5 Å². The maximum absolute atomic E-state index is 13.1. The van der Waals surface area contributed by atoms with Gasteiger partial charge in [-0.25, -0.2) is 0 Å². The molecule has 0 saturated heterocycles. The number of fused-ring (bicyclic) bond motifs is 5. The molecule has 0 heterocycles. The van der Waals surface area contributed by atoms with Crippen molar-refractivity contribution in [3.05, 3.63) is 11.6 Å². The van der Waals surface area contributed by atoms with Gasteiger partial charge in [-0.15, -0.1) is 0 Å². The SMILES string of the molecule is CC(C)(O)CCCC[C@H]1CCC2C3=CC(=O)C4C[C@@H](O)[C@@H](O)C[C@]4(C)C3CC[C@@]21C. The van der Waals surface area contributed by atoms with Gasteiger partial charge in [0.2, 0.25) is 0 Å². The lowest BCUT2D eigenvalue weighted by molar-refractivity contribution is -0.143. The molecule has 0 amide bonds. The predicted octanol–water partition coefficient (Wildman–Crippen LogP) is 4.41. The molecular formula is C26H42O4. The monoisotopic (exact) mass is 418 g/mol. The summed E-state index contributed by atoms with van der Waals surface area (Å²) in [6, 6.07) is 0. The molecule has 8 atom stereocenters. The first-order chi connectivity index (χ1) is 14.0. The Kier molecular flexibility index (Phi) is 5.77. The average Bonchev–Trinajstić information content (AvgIpc) is 2.97. The second kappa shape index (κ2) is 7.71. The summed E-state index contributed by atoms with van der Waals surface area (Å²) in [6.07, 6.45) is 10.5. The van der Waals surface area contributed by atoms with Gasteiger partial charge in [-0.05, 0) is 99.9 Å². The van der Waals surface area contributed by atoms with E-state index in [0.29, 0.717) is 30.6 Å². The van der Waals surface area contributed by atoms with Crippen molar-refractivity contribution < 1.29 is 20.1 Å². The van der Waals surface area contributed by atoms with E-state index >= 15 is 0 Å². The van der Waals surface area contributed by atoms with Crippen LogP contribution in [0.3, 0.4) is 0 Å². The first kappa shape index (κ1) is 22.5. The van der Waals surface area contributed by atoms with Crippen LogP contribution in [0.4, 0.5) is 0 Å². The Morgan fingerprint density at radius 2 is 1.70 bits per heavy atom. The van der Waals surface area contributed by atoms with E-state index < -0.39 is 17.8 Å². The molecule has 0 spiro atoms. The van der Waals surface area contributed by atoms with Crippen LogP contribution >= 0.6 is 0 Å². The maximum atomic E-state index is 13.1. The predicted molar refractivity (Wildman–Crippen MR) is 118 cm³/mol. The summed E-state index contributed by atoms with van der Waals surface area (Å²) in [5.74, 6) is 1.60. The quantitative estimate of drug-likeness (QED) is 0.578. The van der Waals surface area contributed by atoms with Gasteiger partial charge < -0.3 is 15.3 Å². The molecule has 3 fully saturated rings. The van der Waals surface area contributed by atoms with Crippen LogP contribution in [0, 0.1) is 34.5 Å². The Morgan fingerprint density at radius 3 is 2.40 bits per heavy atom. The fraction of sp³-hybridized carbons (Fsp3) is 0.885. The summed E-state index contributed by atoms with van der Waals surface area (Å²) in [6.45, 7) is 8.44. The van der Waals surface area contributed by atoms with Crippen LogP contribution in [0.5, 0.6) is 0 Å². The Balaban J connectivity index is 1.51. The van der Waals surface area contributed by atoms with Gasteiger partial charge in [0.15, 0.2) is 5.78 Å². The summed E-state index contributed by atoms with van der Waals surface area (Å²) in [5.41, 5.74) is 0.853. The van der Waals surface area contributed by atoms with Crippen LogP contribution in [0.25, 0.3) is 0 Å². The molecule has 3 N–H and O–H groups in total. The molecule has 4 aliphatic carbocycles. The molecule has 0 bridgehead atoms. The number of aliphatic hydroxyl groups excluding tert-OH is 2. The van der Waals surface area contributed by atoms with Gasteiger partial charge in [0, 0.05) is 5.92 Å². The molecule has 3 saturated carbocycles. The van der Waals surface area contributed by atoms with E-state index in [1.54, 1.807) is 0 Å². The second-order valence-corrected chi connectivity index (χ2v) is 12.2. The zero-order chi connectivity index (χ0) is 21.9. The first-order valence-corrected chi connectivity index (χ1v) is 12.3. The summed E-state index contributed by atoms with van der Waals surface area (Å²) in [4.78, 5) is 13.1. The van der Waals surface area contributed by atoms with Crippen molar-refractivity contribution in [2.75, 3.05) is 0 Å². The summed E-state index contributed by atoms with van der Waals surface area (Å²) >= 11 is 0. The third kappa shape index (κ3) is 3.71. The molecule has 4 rings (SSSR count). The van der Waals surface area contributed by atoms with Gasteiger partial charge in [-0.1, -0.05) is 32.3 Å². The molecule has 0 aromatic heterocycles. The van der Waals surface area contributed by atoms with Gasteiger partial charge in [0.05, 0.1) is 17.8 Å². The molecule has 0 aromatic rings. The third-order valence-corrected chi connectivity index (χ3v) is 9.71. The van der Waals surface area contributed by atoms with E-state index in [4.69, 9.17) is 0 Å². The van der Waals surface area contributed by atoms with Crippen molar-refractivity contribution in [3.8, 4) is 0 Å². The number of carbonyl (C=O) groups is 1. The Hall–Kier alpha value is -0.710. The van der Waals surface area contributed by atoms with Gasteiger partial charge in [0.25, 0.3) is 0 Å². The van der Waals surface area contributed by atoms with Crippen LogP contribution < -0.4 is 0 Å². The number of rotatable bonds is 5. The molecule has 0 radical (unpaired) electrons. The van der Waals surface area contributed by atoms with E-state index in [1.807, 2.05) is 19.9 Å². The van der Waals surface area contributed by atoms with Crippen molar-refractivity contribution in [1.82, 2.24) is 0 Å². The summed E-state index contributed by atoms with van der Waals surface area (Å²) in [7, 11) is 0. The molecule has 0 aliphatic heterocycles. The number of ketones is 1. The smallest absolute Gasteiger partial charge is 0.159 e. The molecule has 4 nitrogen and oxygen atoms in total. The van der Waals surface area contributed by atoms with Crippen LogP contribution in [0.1, 0.15) is 91.9 Å². The average molecular weight is 419 g/mol. The van der Waals surface area contributed by atoms with Gasteiger partial charge >= 0.3 is 0 Å². The van der Waals surface area contributed by atoms with Gasteiger partial charge in [0.1, 0.15) is 0 Å². The van der Waals surface area contributed by atoms with Crippen LogP contribution in [-0.2, 0) is 4.79 Å². The minimum atomic E-state index is -0.768. The number of hydrogen-bond acceptors (Lipinski definition) is 4. The molecule has 0 aromatic carbocycles. The van der Waals surface area contributed by atoms with Gasteiger partial charge in [-0.3, -0.25) is 4.79 Å². The highest BCUT2D eigenvalue weighted by molar-refractivity contribution is 5.94. The second-order valence-electron chi connectivity index (χ2n) is 12.2. The van der Waals surface area contributed by atoms with E-state index in [1.165, 1.54) is 37.7 Å². The van der Waals surface area contributed by atoms with E-state index in [9.17, 15) is 20.1 Å². The van der Waals surface area contributed by atoms with Crippen LogP contribution in [-0.4, -0.2) is 38.9 Å². The van der Waals surface area contributed by atoms with E-state index in [0.717, 1.165) is 19.3 Å². The lowest BCUT2D eigenvalue weighted by Crippen LogP contribution is -2.55. The Bertz CT molecular complexity index is 706. The fourth-order valence-corrected chi connectivity index (χ4v) is 7.92. The van der Waals surface area contributed by atoms with Crippen molar-refractivity contribution in [2.45, 2.75) is 110 Å². The fourth-order valence-electron chi connectivity index (χ4n) is 7.92. The number of carbonyl (C=O) groups excluding carboxylic acids is 1. The minimum absolute atomic E-state index is 0.145. The van der Waals surface area contributed by atoms with Crippen LogP contribution in [0.2, 0.25) is 0 Å². The zero-order valence-corrected chi connectivity index (χ0v) is 19.4. The minimum Gasteiger partial charge on any atom is -0.390 e. The number of unbranched alkanes of at least 4 members (excludes halogenated alkanes) is 1. The number of aliphatic hydroxyl groups is 3. The number of allylic oxidation sites excluding steroid dienone is 2. The summed E-state index contributed by atoms with van der Waals surface area (Å²) in [5, 5.41) is 30.6. The molecule has 3 unspecified atom stereocenters. The largest absolute Gasteiger partial charge is 0.390 e. The van der Waals surface area contributed by atoms with Crippen molar-refractivity contribution in [3.63, 3.8) is 0 Å². The van der Waals surface area contributed by atoms with Gasteiger partial charge in [-0.2, -0.15) is 0 Å². The normalized spacial score (nSPS) is 46.1. The first-order valence-electron chi connectivity index (χ1n) is 12.3. The molecule has 30 heavy (non-hydrogen) atoms. The van der Waals surface area contributed by atoms with Crippen LogP contribution in [0.15, 0.2) is 11.6 Å². The Labute approximate surface area is 182 Å². The highest BCUT2D eigenvalue weighted by atomic mass is 16.3. The molecular weight excluding hydrogens is 376 g/mol. The maximum Gasteiger partial charge on any atom is 0.159 e. The van der Waals surface area contributed by atoms with Crippen molar-refractivity contribution >= 4 is 5.78 Å². The van der Waals surface area contributed by atoms with Crippen molar-refractivity contribution in [1.29, 1.82) is 0 Å².